The lowest BCUT2D eigenvalue weighted by molar-refractivity contribution is 0.0997. The summed E-state index contributed by atoms with van der Waals surface area (Å²) in [5, 5.41) is 8.97. The molecule has 0 saturated carbocycles. The number of carbonyl (C=O) groups is 1. The van der Waals surface area contributed by atoms with E-state index < -0.39 is 17.8 Å². The van der Waals surface area contributed by atoms with Gasteiger partial charge in [-0.3, -0.25) is 14.3 Å². The Kier molecular flexibility index (Phi) is 5.59. The molecule has 5 aromatic rings. The highest BCUT2D eigenvalue weighted by Crippen LogP contribution is 2.33. The first-order chi connectivity index (χ1) is 17.1. The molecule has 0 spiro atoms. The summed E-state index contributed by atoms with van der Waals surface area (Å²) in [5.41, 5.74) is 9.45. The number of benzene rings is 3. The fourth-order valence-corrected chi connectivity index (χ4v) is 4.66. The molecule has 0 saturated heterocycles. The van der Waals surface area contributed by atoms with E-state index in [1.54, 1.807) is 23.7 Å². The van der Waals surface area contributed by atoms with E-state index >= 15 is 0 Å². The van der Waals surface area contributed by atoms with E-state index in [0.717, 1.165) is 22.0 Å². The summed E-state index contributed by atoms with van der Waals surface area (Å²) < 4.78 is 22.5. The van der Waals surface area contributed by atoms with E-state index in [9.17, 15) is 14.0 Å². The van der Waals surface area contributed by atoms with Crippen LogP contribution in [-0.2, 0) is 7.05 Å². The Labute approximate surface area is 206 Å². The number of primary amides is 1. The maximum Gasteiger partial charge on any atom is 0.253 e. The monoisotopic (exact) mass is 484 g/mol. The number of nitrogens with one attached hydrogen (secondary N) is 1. The molecule has 182 valence electrons. The lowest BCUT2D eigenvalue weighted by Crippen LogP contribution is -2.18. The molecule has 0 aliphatic carbocycles. The van der Waals surface area contributed by atoms with Gasteiger partial charge in [-0.2, -0.15) is 5.10 Å². The van der Waals surface area contributed by atoms with Crippen molar-refractivity contribution in [3.8, 4) is 11.3 Å². The van der Waals surface area contributed by atoms with Crippen molar-refractivity contribution in [1.82, 2.24) is 9.78 Å². The zero-order valence-electron chi connectivity index (χ0n) is 20.3. The van der Waals surface area contributed by atoms with E-state index in [-0.39, 0.29) is 16.7 Å². The molecule has 1 atom stereocenters. The first kappa shape index (κ1) is 23.3. The Bertz CT molecular complexity index is 1740. The number of nitrogens with two attached hydrogens (primary N) is 1. The van der Waals surface area contributed by atoms with Crippen molar-refractivity contribution in [3.05, 3.63) is 93.0 Å². The van der Waals surface area contributed by atoms with Crippen LogP contribution in [0.1, 0.15) is 40.0 Å². The van der Waals surface area contributed by atoms with Crippen LogP contribution in [0.15, 0.2) is 63.9 Å². The van der Waals surface area contributed by atoms with Crippen LogP contribution in [0.25, 0.3) is 33.2 Å². The van der Waals surface area contributed by atoms with Gasteiger partial charge in [0.05, 0.1) is 28.2 Å². The van der Waals surface area contributed by atoms with Crippen molar-refractivity contribution in [3.63, 3.8) is 0 Å². The summed E-state index contributed by atoms with van der Waals surface area (Å²) in [6.45, 7) is 5.50. The number of carbonyl (C=O) groups excluding carboxylic acids is 1. The summed E-state index contributed by atoms with van der Waals surface area (Å²) in [4.78, 5) is 25.3. The van der Waals surface area contributed by atoms with Crippen LogP contribution >= 0.6 is 0 Å². The molecular weight excluding hydrogens is 459 g/mol. The van der Waals surface area contributed by atoms with Crippen LogP contribution in [-0.4, -0.2) is 15.7 Å². The summed E-state index contributed by atoms with van der Waals surface area (Å²) in [5.74, 6) is -1.10. The summed E-state index contributed by atoms with van der Waals surface area (Å²) >= 11 is 0. The van der Waals surface area contributed by atoms with Gasteiger partial charge in [-0.25, -0.2) is 4.39 Å². The quantitative estimate of drug-likeness (QED) is 0.349. The van der Waals surface area contributed by atoms with Crippen molar-refractivity contribution in [2.24, 2.45) is 12.8 Å². The van der Waals surface area contributed by atoms with Gasteiger partial charge in [-0.15, -0.1) is 0 Å². The fourth-order valence-electron chi connectivity index (χ4n) is 4.66. The molecule has 0 radical (unpaired) electrons. The number of hydrogen-bond donors (Lipinski definition) is 2. The van der Waals surface area contributed by atoms with Crippen LogP contribution < -0.4 is 16.5 Å². The molecule has 36 heavy (non-hydrogen) atoms. The van der Waals surface area contributed by atoms with Gasteiger partial charge in [0.1, 0.15) is 17.2 Å². The minimum atomic E-state index is -0.868. The van der Waals surface area contributed by atoms with Gasteiger partial charge < -0.3 is 15.5 Å². The van der Waals surface area contributed by atoms with Gasteiger partial charge in [0, 0.05) is 35.3 Å². The number of amides is 1. The predicted octanol–water partition coefficient (Wildman–Crippen LogP) is 5.37. The number of hydrogen-bond acceptors (Lipinski definition) is 5. The van der Waals surface area contributed by atoms with Crippen molar-refractivity contribution >= 4 is 33.5 Å². The van der Waals surface area contributed by atoms with Crippen LogP contribution in [0.2, 0.25) is 0 Å². The Morgan fingerprint density at radius 3 is 2.69 bits per heavy atom. The minimum Gasteiger partial charge on any atom is -0.455 e. The molecule has 0 bridgehead atoms. The van der Waals surface area contributed by atoms with Gasteiger partial charge in [-0.1, -0.05) is 12.1 Å². The second kappa shape index (κ2) is 8.64. The fraction of sp³-hybridized carbons (Fsp3) is 0.179. The topological polar surface area (TPSA) is 103 Å². The number of rotatable bonds is 5. The molecule has 3 N–H and O–H groups in total. The zero-order chi connectivity index (χ0) is 25.7. The molecular formula is C28H25FN4O3. The molecule has 0 aliphatic rings. The van der Waals surface area contributed by atoms with E-state index in [1.807, 2.05) is 51.4 Å². The highest BCUT2D eigenvalue weighted by Gasteiger charge is 2.21. The molecule has 7 nitrogen and oxygen atoms in total. The maximum absolute atomic E-state index is 14.3. The zero-order valence-corrected chi connectivity index (χ0v) is 20.3. The number of aryl methyl sites for hydroxylation is 2. The molecule has 2 heterocycles. The molecule has 0 fully saturated rings. The Morgan fingerprint density at radius 2 is 1.94 bits per heavy atom. The van der Waals surface area contributed by atoms with E-state index in [1.165, 1.54) is 12.1 Å². The summed E-state index contributed by atoms with van der Waals surface area (Å²) in [6.07, 6.45) is 1.91. The van der Waals surface area contributed by atoms with E-state index in [2.05, 4.69) is 10.4 Å². The largest absolute Gasteiger partial charge is 0.455 e. The van der Waals surface area contributed by atoms with Gasteiger partial charge in [0.2, 0.25) is 0 Å². The molecule has 8 heteroatoms. The highest BCUT2D eigenvalue weighted by molar-refractivity contribution is 5.99. The molecule has 2 aromatic heterocycles. The summed E-state index contributed by atoms with van der Waals surface area (Å²) in [7, 11) is 1.85. The number of nitrogens with zero attached hydrogens (tertiary/aromatic N) is 2. The van der Waals surface area contributed by atoms with Gasteiger partial charge in [0.15, 0.2) is 5.43 Å². The second-order valence-corrected chi connectivity index (χ2v) is 9.09. The first-order valence-corrected chi connectivity index (χ1v) is 11.5. The third kappa shape index (κ3) is 3.90. The van der Waals surface area contributed by atoms with Crippen molar-refractivity contribution in [2.75, 3.05) is 5.32 Å². The van der Waals surface area contributed by atoms with Crippen LogP contribution in [0.5, 0.6) is 0 Å². The lowest BCUT2D eigenvalue weighted by Gasteiger charge is -2.20. The third-order valence-corrected chi connectivity index (χ3v) is 6.37. The van der Waals surface area contributed by atoms with E-state index in [0.29, 0.717) is 27.9 Å². The van der Waals surface area contributed by atoms with Crippen molar-refractivity contribution < 1.29 is 13.6 Å². The summed E-state index contributed by atoms with van der Waals surface area (Å²) in [6, 6.07) is 13.3. The maximum atomic E-state index is 14.3. The Hall–Kier alpha value is -4.46. The highest BCUT2D eigenvalue weighted by atomic mass is 19.1. The third-order valence-electron chi connectivity index (χ3n) is 6.37. The Morgan fingerprint density at radius 1 is 1.17 bits per heavy atom. The molecule has 3 aromatic carbocycles. The van der Waals surface area contributed by atoms with Gasteiger partial charge in [-0.05, 0) is 62.7 Å². The predicted molar refractivity (Wildman–Crippen MR) is 139 cm³/mol. The normalized spacial score (nSPS) is 12.2. The lowest BCUT2D eigenvalue weighted by atomic mass is 9.98. The first-order valence-electron chi connectivity index (χ1n) is 11.5. The van der Waals surface area contributed by atoms with Gasteiger partial charge >= 0.3 is 0 Å². The SMILES string of the molecule is Cc1cc(C(C)Nc2cccc(F)c2C(N)=O)c2oc(-c3ccc4nn(C)cc4c3)c(C)c(=O)c2c1. The molecule has 0 aliphatic heterocycles. The Balaban J connectivity index is 1.68. The molecule has 5 rings (SSSR count). The average Bonchev–Trinajstić information content (AvgIpc) is 3.20. The molecule has 1 unspecified atom stereocenters. The number of fused-ring (bicyclic) bond motifs is 2. The smallest absolute Gasteiger partial charge is 0.253 e. The van der Waals surface area contributed by atoms with Crippen LogP contribution in [0.4, 0.5) is 10.1 Å². The van der Waals surface area contributed by atoms with Crippen molar-refractivity contribution in [2.45, 2.75) is 26.8 Å². The van der Waals surface area contributed by atoms with Crippen LogP contribution in [0.3, 0.4) is 0 Å². The minimum absolute atomic E-state index is 0.127. The average molecular weight is 485 g/mol. The standard InChI is InChI=1S/C28H25FN4O3/c1-14-10-19(16(3)31-23-7-5-6-21(29)24(23)28(30)35)27-20(11-14)25(34)15(2)26(36-27)17-8-9-22-18(12-17)13-33(4)32-22/h5-13,16,31H,1-4H3,(H2,30,35). The molecule has 1 amide bonds. The van der Waals surface area contributed by atoms with E-state index in [4.69, 9.17) is 10.2 Å². The van der Waals surface area contributed by atoms with Gasteiger partial charge in [0.25, 0.3) is 5.91 Å². The number of aromatic nitrogens is 2. The van der Waals surface area contributed by atoms with Crippen molar-refractivity contribution in [1.29, 1.82) is 0 Å². The second-order valence-electron chi connectivity index (χ2n) is 9.09. The van der Waals surface area contributed by atoms with Crippen LogP contribution in [0, 0.1) is 19.7 Å². The number of anilines is 1. The number of halogens is 1.